The van der Waals surface area contributed by atoms with E-state index >= 15 is 0 Å². The summed E-state index contributed by atoms with van der Waals surface area (Å²) < 4.78 is 39.0. The van der Waals surface area contributed by atoms with Crippen LogP contribution in [0.15, 0.2) is 84.5 Å². The number of pyridine rings is 2. The van der Waals surface area contributed by atoms with Gasteiger partial charge in [-0.2, -0.15) is 0 Å². The Morgan fingerprint density at radius 1 is 0.507 bits per heavy atom. The highest BCUT2D eigenvalue weighted by molar-refractivity contribution is 7.79. The van der Waals surface area contributed by atoms with E-state index in [0.717, 1.165) is 71.0 Å². The normalized spacial score (nSPS) is 39.1. The predicted octanol–water partition coefficient (Wildman–Crippen LogP) is 15.8. The standard InChI is InChI=1S/2C32H50N.H2O4S/c2*1-23(2)10-9-11-24(3)28-14-15-29-27-13-12-25-22-26(33-20-7-6-8-21-33)16-18-31(25,4)30(27)17-19-32(28,29)5;1-5(2,3)4/h2*6-8,12,20-21,23-24,26-30H,9-11,13-19,22H2,1-5H3;(H2,1,2,3,4)/q2*+1;/p-2/t2*24-,26?,27?,28-,29?,30?,31+,32-;/m11./s1. The Kier molecular flexibility index (Phi) is 17.4. The first kappa shape index (κ1) is 54.9. The molecule has 2 heterocycles. The minimum absolute atomic E-state index is 0.469. The molecule has 7 heteroatoms. The van der Waals surface area contributed by atoms with Crippen molar-refractivity contribution in [2.75, 3.05) is 0 Å². The molecular weight excluding hydrogens is 893 g/mol. The predicted molar refractivity (Wildman–Crippen MR) is 288 cm³/mol. The Labute approximate surface area is 434 Å². The van der Waals surface area contributed by atoms with Crippen molar-refractivity contribution in [3.63, 3.8) is 0 Å². The van der Waals surface area contributed by atoms with Crippen molar-refractivity contribution < 1.29 is 26.7 Å². The van der Waals surface area contributed by atoms with Crippen molar-refractivity contribution in [1.29, 1.82) is 0 Å². The molecule has 6 nitrogen and oxygen atoms in total. The van der Waals surface area contributed by atoms with E-state index in [9.17, 15) is 0 Å². The summed E-state index contributed by atoms with van der Waals surface area (Å²) in [5.41, 5.74) is 5.79. The van der Waals surface area contributed by atoms with E-state index in [-0.39, 0.29) is 0 Å². The summed E-state index contributed by atoms with van der Waals surface area (Å²) in [6.45, 7) is 25.6. The average molecular weight is 994 g/mol. The molecule has 0 bridgehead atoms. The largest absolute Gasteiger partial charge is 0.759 e. The zero-order valence-electron chi connectivity index (χ0n) is 46.5. The molecule has 396 valence electrons. The minimum Gasteiger partial charge on any atom is -0.759 e. The van der Waals surface area contributed by atoms with Crippen LogP contribution < -0.4 is 9.13 Å². The van der Waals surface area contributed by atoms with Crippen LogP contribution in [0.4, 0.5) is 0 Å². The molecule has 6 saturated carbocycles. The molecule has 8 aliphatic carbocycles. The molecule has 6 fully saturated rings. The first-order valence-corrected chi connectivity index (χ1v) is 31.0. The molecule has 0 amide bonds. The van der Waals surface area contributed by atoms with Crippen molar-refractivity contribution in [2.45, 2.75) is 223 Å². The summed E-state index contributed by atoms with van der Waals surface area (Å²) in [5, 5.41) is 0. The van der Waals surface area contributed by atoms with E-state index in [1.807, 2.05) is 11.1 Å². The van der Waals surface area contributed by atoms with Crippen LogP contribution >= 0.6 is 0 Å². The van der Waals surface area contributed by atoms with Gasteiger partial charge in [-0.25, -0.2) is 9.13 Å². The van der Waals surface area contributed by atoms with Crippen LogP contribution in [-0.4, -0.2) is 17.5 Å². The van der Waals surface area contributed by atoms with Gasteiger partial charge in [-0.15, -0.1) is 0 Å². The van der Waals surface area contributed by atoms with Crippen molar-refractivity contribution >= 4 is 10.4 Å². The zero-order chi connectivity index (χ0) is 50.9. The highest BCUT2D eigenvalue weighted by Crippen LogP contribution is 2.69. The molecule has 0 radical (unpaired) electrons. The van der Waals surface area contributed by atoms with Crippen LogP contribution in [0.3, 0.4) is 0 Å². The smallest absolute Gasteiger partial charge is 0.169 e. The molecule has 8 aliphatic rings. The number of aromatic nitrogens is 2. The Balaban J connectivity index is 0.000000174. The quantitative estimate of drug-likeness (QED) is 0.0917. The maximum atomic E-state index is 8.52. The van der Waals surface area contributed by atoms with Crippen molar-refractivity contribution in [3.8, 4) is 0 Å². The third-order valence-electron chi connectivity index (χ3n) is 22.9. The minimum atomic E-state index is -5.17. The van der Waals surface area contributed by atoms with E-state index in [1.165, 1.54) is 141 Å². The van der Waals surface area contributed by atoms with Gasteiger partial charge in [-0.05, 0) is 170 Å². The first-order valence-electron chi connectivity index (χ1n) is 29.6. The van der Waals surface area contributed by atoms with E-state index < -0.39 is 10.4 Å². The fourth-order valence-corrected chi connectivity index (χ4v) is 19.2. The van der Waals surface area contributed by atoms with Crippen molar-refractivity contribution in [1.82, 2.24) is 0 Å². The summed E-state index contributed by atoms with van der Waals surface area (Å²) >= 11 is 0. The molecule has 0 saturated heterocycles. The molecule has 16 atom stereocenters. The number of nitrogens with zero attached hydrogens (tertiary/aromatic N) is 2. The van der Waals surface area contributed by atoms with Gasteiger partial charge in [0.15, 0.2) is 36.9 Å². The van der Waals surface area contributed by atoms with Gasteiger partial charge in [0.1, 0.15) is 0 Å². The van der Waals surface area contributed by atoms with Gasteiger partial charge in [0.05, 0.1) is 0 Å². The van der Waals surface area contributed by atoms with E-state index in [0.29, 0.717) is 33.7 Å². The number of hydrogen-bond donors (Lipinski definition) is 0. The van der Waals surface area contributed by atoms with Crippen molar-refractivity contribution in [2.24, 2.45) is 92.7 Å². The molecule has 71 heavy (non-hydrogen) atoms. The molecule has 8 unspecified atom stereocenters. The van der Waals surface area contributed by atoms with Gasteiger partial charge in [-0.3, -0.25) is 8.42 Å². The molecule has 2 aromatic heterocycles. The summed E-state index contributed by atoms with van der Waals surface area (Å²) in [6.07, 6.45) is 46.1. The summed E-state index contributed by atoms with van der Waals surface area (Å²) in [5.74, 6) is 11.2. The van der Waals surface area contributed by atoms with Gasteiger partial charge in [0, 0.05) is 60.3 Å². The third-order valence-corrected chi connectivity index (χ3v) is 22.9. The van der Waals surface area contributed by atoms with Crippen LogP contribution in [0.2, 0.25) is 0 Å². The fourth-order valence-electron chi connectivity index (χ4n) is 19.2. The van der Waals surface area contributed by atoms with E-state index in [1.54, 1.807) is 0 Å². The lowest BCUT2D eigenvalue weighted by atomic mass is 9.47. The molecule has 0 aromatic carbocycles. The van der Waals surface area contributed by atoms with E-state index in [2.05, 4.69) is 152 Å². The van der Waals surface area contributed by atoms with Gasteiger partial charge >= 0.3 is 0 Å². The monoisotopic (exact) mass is 993 g/mol. The lowest BCUT2D eigenvalue weighted by Crippen LogP contribution is -2.52. The number of rotatable bonds is 12. The maximum Gasteiger partial charge on any atom is 0.169 e. The van der Waals surface area contributed by atoms with Gasteiger partial charge in [-0.1, -0.05) is 143 Å². The van der Waals surface area contributed by atoms with Crippen LogP contribution in [0.1, 0.15) is 223 Å². The van der Waals surface area contributed by atoms with Gasteiger partial charge < -0.3 is 9.11 Å². The Hall–Kier alpha value is -2.35. The van der Waals surface area contributed by atoms with Crippen LogP contribution in [-0.2, 0) is 10.4 Å². The molecular formula is C64H100N2O4S. The second-order valence-corrected chi connectivity index (χ2v) is 28.2. The SMILES string of the molecule is CC(C)CCC[C@@H](C)[C@H]1CCC2C3CC=C4CC([n+]5ccccc5)CC[C@]4(C)C3CC[C@@]21C.CC(C)CCC[C@@H](C)[C@H]1CCC2C3CC=C4CC([n+]5ccccc5)CC[C@]4(C)C3CC[C@@]21C.O=S(=O)([O-])[O-]. The maximum absolute atomic E-state index is 8.52. The lowest BCUT2D eigenvalue weighted by molar-refractivity contribution is -0.725. The van der Waals surface area contributed by atoms with Crippen LogP contribution in [0.25, 0.3) is 0 Å². The second-order valence-electron chi connectivity index (χ2n) is 27.4. The second kappa shape index (κ2) is 22.5. The summed E-state index contributed by atoms with van der Waals surface area (Å²) in [4.78, 5) is 0. The molecule has 0 spiro atoms. The highest BCUT2D eigenvalue weighted by atomic mass is 32.3. The molecule has 0 aliphatic heterocycles. The lowest BCUT2D eigenvalue weighted by Gasteiger charge is -2.58. The Bertz CT molecular complexity index is 2080. The average Bonchev–Trinajstić information content (AvgIpc) is 3.88. The number of hydrogen-bond acceptors (Lipinski definition) is 4. The van der Waals surface area contributed by atoms with Crippen LogP contribution in [0.5, 0.6) is 0 Å². The summed E-state index contributed by atoms with van der Waals surface area (Å²) in [6, 6.07) is 14.4. The highest BCUT2D eigenvalue weighted by Gasteiger charge is 2.61. The fraction of sp³-hybridized carbons (Fsp3) is 0.781. The molecule has 2 aromatic rings. The Morgan fingerprint density at radius 3 is 1.23 bits per heavy atom. The molecule has 10 rings (SSSR count). The summed E-state index contributed by atoms with van der Waals surface area (Å²) in [7, 11) is -5.17. The van der Waals surface area contributed by atoms with Gasteiger partial charge in [0.25, 0.3) is 0 Å². The number of allylic oxidation sites excluding steroid dienone is 4. The van der Waals surface area contributed by atoms with E-state index in [4.69, 9.17) is 17.5 Å². The zero-order valence-corrected chi connectivity index (χ0v) is 47.3. The van der Waals surface area contributed by atoms with Gasteiger partial charge in [0.2, 0.25) is 0 Å². The third kappa shape index (κ3) is 11.7. The Morgan fingerprint density at radius 2 is 0.873 bits per heavy atom. The van der Waals surface area contributed by atoms with Crippen molar-refractivity contribution in [3.05, 3.63) is 84.5 Å². The topological polar surface area (TPSA) is 88.0 Å². The first-order chi connectivity index (χ1) is 33.7. The number of fused-ring (bicyclic) bond motifs is 10. The molecule has 0 N–H and O–H groups in total. The van der Waals surface area contributed by atoms with Crippen LogP contribution in [0, 0.1) is 92.7 Å².